The van der Waals surface area contributed by atoms with Crippen LogP contribution in [0.25, 0.3) is 0 Å². The van der Waals surface area contributed by atoms with Gasteiger partial charge in [-0.25, -0.2) is 0 Å². The molecule has 1 aliphatic carbocycles. The van der Waals surface area contributed by atoms with E-state index in [1.165, 1.54) is 43.9 Å². The molecule has 1 saturated heterocycles. The van der Waals surface area contributed by atoms with Crippen molar-refractivity contribution in [3.8, 4) is 0 Å². The number of rotatable bonds is 6. The minimum atomic E-state index is 0.325. The van der Waals surface area contributed by atoms with Crippen LogP contribution in [-0.4, -0.2) is 47.1 Å². The Balaban J connectivity index is 1.87. The fourth-order valence-corrected chi connectivity index (χ4v) is 3.70. The lowest BCUT2D eigenvalue weighted by molar-refractivity contribution is 0.0247. The van der Waals surface area contributed by atoms with Crippen molar-refractivity contribution in [2.75, 3.05) is 31.1 Å². The second-order valence-electron chi connectivity index (χ2n) is 6.83. The second-order valence-corrected chi connectivity index (χ2v) is 8.22. The molecule has 0 bridgehead atoms. The normalized spacial score (nSPS) is 32.7. The summed E-state index contributed by atoms with van der Waals surface area (Å²) in [6, 6.07) is 0. The summed E-state index contributed by atoms with van der Waals surface area (Å²) < 4.78 is 0. The average molecular weight is 270 g/mol. The Morgan fingerprint density at radius 1 is 1.28 bits per heavy atom. The van der Waals surface area contributed by atoms with E-state index in [-0.39, 0.29) is 0 Å². The third-order valence-electron chi connectivity index (χ3n) is 4.70. The molecule has 0 amide bonds. The molecule has 18 heavy (non-hydrogen) atoms. The lowest BCUT2D eigenvalue weighted by atomic mass is 9.86. The first kappa shape index (κ1) is 14.7. The van der Waals surface area contributed by atoms with E-state index in [2.05, 4.69) is 49.7 Å². The molecule has 2 nitrogen and oxygen atoms in total. The van der Waals surface area contributed by atoms with E-state index in [9.17, 15) is 0 Å². The molecule has 0 spiro atoms. The standard InChI is InChI=1S/C15H30N2S/c1-5-18-10-6-9-17-12-15(4,13-7-8-13)16-11-14(17,2)3/h13,16H,5-12H2,1-4H3. The van der Waals surface area contributed by atoms with E-state index < -0.39 is 0 Å². The summed E-state index contributed by atoms with van der Waals surface area (Å²) in [6.45, 7) is 13.1. The van der Waals surface area contributed by atoms with Crippen LogP contribution in [0.5, 0.6) is 0 Å². The molecule has 2 rings (SSSR count). The van der Waals surface area contributed by atoms with Gasteiger partial charge in [-0.15, -0.1) is 0 Å². The highest BCUT2D eigenvalue weighted by Crippen LogP contribution is 2.42. The fraction of sp³-hybridized carbons (Fsp3) is 1.00. The fourth-order valence-electron chi connectivity index (χ4n) is 3.07. The van der Waals surface area contributed by atoms with E-state index in [0.29, 0.717) is 11.1 Å². The van der Waals surface area contributed by atoms with Crippen molar-refractivity contribution in [1.29, 1.82) is 0 Å². The van der Waals surface area contributed by atoms with E-state index in [1.54, 1.807) is 0 Å². The maximum Gasteiger partial charge on any atom is 0.0309 e. The van der Waals surface area contributed by atoms with Gasteiger partial charge in [-0.1, -0.05) is 6.92 Å². The predicted molar refractivity (Wildman–Crippen MR) is 82.4 cm³/mol. The van der Waals surface area contributed by atoms with Gasteiger partial charge in [0.2, 0.25) is 0 Å². The Hall–Kier alpha value is 0.270. The summed E-state index contributed by atoms with van der Waals surface area (Å²) in [6.07, 6.45) is 4.20. The van der Waals surface area contributed by atoms with Crippen LogP contribution >= 0.6 is 11.8 Å². The van der Waals surface area contributed by atoms with Crippen molar-refractivity contribution in [3.63, 3.8) is 0 Å². The Morgan fingerprint density at radius 3 is 2.61 bits per heavy atom. The number of piperazine rings is 1. The molecular formula is C15H30N2S. The summed E-state index contributed by atoms with van der Waals surface area (Å²) in [5.74, 6) is 3.50. The lowest BCUT2D eigenvalue weighted by Gasteiger charge is -2.51. The van der Waals surface area contributed by atoms with Gasteiger partial charge >= 0.3 is 0 Å². The Bertz CT molecular complexity index is 276. The van der Waals surface area contributed by atoms with E-state index in [1.807, 2.05) is 0 Å². The van der Waals surface area contributed by atoms with Gasteiger partial charge in [0.15, 0.2) is 0 Å². The van der Waals surface area contributed by atoms with Crippen LogP contribution in [-0.2, 0) is 0 Å². The molecule has 0 aromatic heterocycles. The molecule has 2 fully saturated rings. The molecule has 2 aliphatic rings. The lowest BCUT2D eigenvalue weighted by Crippen LogP contribution is -2.68. The van der Waals surface area contributed by atoms with Crippen molar-refractivity contribution >= 4 is 11.8 Å². The van der Waals surface area contributed by atoms with Crippen molar-refractivity contribution < 1.29 is 0 Å². The van der Waals surface area contributed by atoms with E-state index in [4.69, 9.17) is 0 Å². The molecule has 0 radical (unpaired) electrons. The quantitative estimate of drug-likeness (QED) is 0.747. The second kappa shape index (κ2) is 5.72. The number of nitrogens with one attached hydrogen (secondary N) is 1. The van der Waals surface area contributed by atoms with Crippen LogP contribution in [0.1, 0.15) is 47.0 Å². The average Bonchev–Trinajstić information content (AvgIpc) is 3.14. The third-order valence-corrected chi connectivity index (χ3v) is 5.69. The molecule has 1 unspecified atom stereocenters. The first-order chi connectivity index (χ1) is 8.48. The zero-order chi connectivity index (χ0) is 13.2. The highest BCUT2D eigenvalue weighted by molar-refractivity contribution is 7.99. The summed E-state index contributed by atoms with van der Waals surface area (Å²) >= 11 is 2.07. The highest BCUT2D eigenvalue weighted by Gasteiger charge is 2.47. The van der Waals surface area contributed by atoms with Crippen LogP contribution in [0.2, 0.25) is 0 Å². The first-order valence-corrected chi connectivity index (χ1v) is 8.71. The van der Waals surface area contributed by atoms with Crippen molar-refractivity contribution in [2.45, 2.75) is 58.0 Å². The van der Waals surface area contributed by atoms with Gasteiger partial charge in [0.25, 0.3) is 0 Å². The number of hydrogen-bond donors (Lipinski definition) is 1. The minimum Gasteiger partial charge on any atom is -0.308 e. The highest BCUT2D eigenvalue weighted by atomic mass is 32.2. The Morgan fingerprint density at radius 2 is 2.00 bits per heavy atom. The Kier molecular flexibility index (Phi) is 4.66. The molecule has 1 heterocycles. The van der Waals surface area contributed by atoms with Crippen molar-refractivity contribution in [3.05, 3.63) is 0 Å². The number of thioether (sulfide) groups is 1. The van der Waals surface area contributed by atoms with Gasteiger partial charge in [0.1, 0.15) is 0 Å². The molecule has 1 N–H and O–H groups in total. The summed E-state index contributed by atoms with van der Waals surface area (Å²) in [7, 11) is 0. The van der Waals surface area contributed by atoms with Gasteiger partial charge in [0.05, 0.1) is 0 Å². The topological polar surface area (TPSA) is 15.3 Å². The van der Waals surface area contributed by atoms with Gasteiger partial charge in [-0.2, -0.15) is 11.8 Å². The monoisotopic (exact) mass is 270 g/mol. The van der Waals surface area contributed by atoms with Crippen LogP contribution in [0, 0.1) is 5.92 Å². The van der Waals surface area contributed by atoms with Crippen molar-refractivity contribution in [2.24, 2.45) is 5.92 Å². The maximum atomic E-state index is 3.83. The van der Waals surface area contributed by atoms with Crippen molar-refractivity contribution in [1.82, 2.24) is 10.2 Å². The third kappa shape index (κ3) is 3.43. The first-order valence-electron chi connectivity index (χ1n) is 7.56. The SMILES string of the molecule is CCSCCCN1CC(C)(C2CC2)NCC1(C)C. The Labute approximate surface area is 117 Å². The molecule has 1 aliphatic heterocycles. The largest absolute Gasteiger partial charge is 0.308 e. The molecular weight excluding hydrogens is 240 g/mol. The molecule has 0 aromatic carbocycles. The zero-order valence-corrected chi connectivity index (χ0v) is 13.4. The predicted octanol–water partition coefficient (Wildman–Crippen LogP) is 2.98. The zero-order valence-electron chi connectivity index (χ0n) is 12.6. The summed E-state index contributed by atoms with van der Waals surface area (Å²) in [4.78, 5) is 2.73. The smallest absolute Gasteiger partial charge is 0.0309 e. The number of nitrogens with zero attached hydrogens (tertiary/aromatic N) is 1. The molecule has 1 saturated carbocycles. The van der Waals surface area contributed by atoms with Crippen LogP contribution in [0.3, 0.4) is 0 Å². The van der Waals surface area contributed by atoms with Gasteiger partial charge in [0, 0.05) is 24.2 Å². The minimum absolute atomic E-state index is 0.325. The summed E-state index contributed by atoms with van der Waals surface area (Å²) in [5.41, 5.74) is 0.707. The number of hydrogen-bond acceptors (Lipinski definition) is 3. The van der Waals surface area contributed by atoms with Gasteiger partial charge < -0.3 is 5.32 Å². The molecule has 1 atom stereocenters. The molecule has 106 valence electrons. The van der Waals surface area contributed by atoms with E-state index >= 15 is 0 Å². The molecule has 0 aromatic rings. The molecule has 3 heteroatoms. The van der Waals surface area contributed by atoms with E-state index in [0.717, 1.165) is 12.5 Å². The van der Waals surface area contributed by atoms with Crippen LogP contribution < -0.4 is 5.32 Å². The van der Waals surface area contributed by atoms with Crippen LogP contribution in [0.4, 0.5) is 0 Å². The van der Waals surface area contributed by atoms with Gasteiger partial charge in [-0.3, -0.25) is 4.90 Å². The summed E-state index contributed by atoms with van der Waals surface area (Å²) in [5, 5.41) is 3.83. The van der Waals surface area contributed by atoms with Gasteiger partial charge in [-0.05, 0) is 64.0 Å². The van der Waals surface area contributed by atoms with Crippen LogP contribution in [0.15, 0.2) is 0 Å². The maximum absolute atomic E-state index is 3.83.